The SMILES string of the molecule is COc1cc(C(=O)/C(C)=C/c2ccc3c(c2OC)OCCO3)ccc1N. The van der Waals surface area contributed by atoms with Crippen LogP contribution in [0.25, 0.3) is 6.08 Å². The van der Waals surface area contributed by atoms with Crippen LogP contribution in [0.3, 0.4) is 0 Å². The fourth-order valence-corrected chi connectivity index (χ4v) is 2.81. The van der Waals surface area contributed by atoms with E-state index in [9.17, 15) is 4.79 Å². The number of nitrogens with two attached hydrogens (primary N) is 1. The molecule has 136 valence electrons. The lowest BCUT2D eigenvalue weighted by Crippen LogP contribution is -2.16. The number of hydrogen-bond acceptors (Lipinski definition) is 6. The number of Topliss-reactive ketones (excluding diaryl/α,β-unsaturated/α-hetero) is 1. The smallest absolute Gasteiger partial charge is 0.204 e. The Kier molecular flexibility index (Phi) is 5.02. The molecule has 6 nitrogen and oxygen atoms in total. The zero-order chi connectivity index (χ0) is 18.7. The molecule has 1 aliphatic rings. The Labute approximate surface area is 152 Å². The lowest BCUT2D eigenvalue weighted by molar-refractivity contribution is 0.103. The highest BCUT2D eigenvalue weighted by Gasteiger charge is 2.20. The van der Waals surface area contributed by atoms with Crippen LogP contribution in [0.2, 0.25) is 0 Å². The molecule has 0 saturated heterocycles. The van der Waals surface area contributed by atoms with Crippen LogP contribution in [-0.2, 0) is 0 Å². The third kappa shape index (κ3) is 3.31. The van der Waals surface area contributed by atoms with Gasteiger partial charge in [-0.1, -0.05) is 0 Å². The van der Waals surface area contributed by atoms with E-state index in [2.05, 4.69) is 0 Å². The maximum Gasteiger partial charge on any atom is 0.204 e. The molecule has 0 aliphatic carbocycles. The number of methoxy groups -OCH3 is 2. The van der Waals surface area contributed by atoms with Crippen molar-refractivity contribution in [2.75, 3.05) is 33.2 Å². The summed E-state index contributed by atoms with van der Waals surface area (Å²) in [6, 6.07) is 8.62. The van der Waals surface area contributed by atoms with Gasteiger partial charge in [-0.05, 0) is 48.9 Å². The number of fused-ring (bicyclic) bond motifs is 1. The van der Waals surface area contributed by atoms with Gasteiger partial charge in [0, 0.05) is 11.1 Å². The lowest BCUT2D eigenvalue weighted by Gasteiger charge is -2.21. The molecule has 0 radical (unpaired) electrons. The van der Waals surface area contributed by atoms with Crippen molar-refractivity contribution in [3.63, 3.8) is 0 Å². The minimum atomic E-state index is -0.125. The summed E-state index contributed by atoms with van der Waals surface area (Å²) in [5.41, 5.74) is 8.08. The molecule has 0 saturated carbocycles. The predicted molar refractivity (Wildman–Crippen MR) is 99.4 cm³/mol. The van der Waals surface area contributed by atoms with Crippen molar-refractivity contribution in [3.05, 3.63) is 47.0 Å². The van der Waals surface area contributed by atoms with Gasteiger partial charge in [-0.25, -0.2) is 0 Å². The van der Waals surface area contributed by atoms with E-state index in [0.717, 1.165) is 5.56 Å². The second-order valence-corrected chi connectivity index (χ2v) is 5.83. The molecule has 26 heavy (non-hydrogen) atoms. The number of benzene rings is 2. The fraction of sp³-hybridized carbons (Fsp3) is 0.250. The molecule has 2 N–H and O–H groups in total. The van der Waals surface area contributed by atoms with E-state index in [0.29, 0.717) is 53.0 Å². The number of carbonyl (C=O) groups excluding carboxylic acids is 1. The van der Waals surface area contributed by atoms with Crippen LogP contribution in [0.15, 0.2) is 35.9 Å². The van der Waals surface area contributed by atoms with Crippen LogP contribution in [0, 0.1) is 0 Å². The van der Waals surface area contributed by atoms with Gasteiger partial charge in [0.25, 0.3) is 0 Å². The Bertz CT molecular complexity index is 873. The molecule has 6 heteroatoms. The number of rotatable bonds is 5. The van der Waals surface area contributed by atoms with E-state index in [1.807, 2.05) is 12.1 Å². The van der Waals surface area contributed by atoms with Crippen LogP contribution < -0.4 is 24.7 Å². The molecule has 3 rings (SSSR count). The predicted octanol–water partition coefficient (Wildman–Crippen LogP) is 3.34. The molecule has 2 aromatic rings. The van der Waals surface area contributed by atoms with Gasteiger partial charge in [0.2, 0.25) is 5.75 Å². The molecule has 0 aromatic heterocycles. The van der Waals surface area contributed by atoms with E-state index in [4.69, 9.17) is 24.7 Å². The average molecular weight is 355 g/mol. The van der Waals surface area contributed by atoms with E-state index < -0.39 is 0 Å². The largest absolute Gasteiger partial charge is 0.495 e. The summed E-state index contributed by atoms with van der Waals surface area (Å²) in [5, 5.41) is 0. The first-order chi connectivity index (χ1) is 12.5. The number of anilines is 1. The third-order valence-electron chi connectivity index (χ3n) is 4.12. The second-order valence-electron chi connectivity index (χ2n) is 5.83. The highest BCUT2D eigenvalue weighted by atomic mass is 16.6. The highest BCUT2D eigenvalue weighted by Crippen LogP contribution is 2.42. The first-order valence-electron chi connectivity index (χ1n) is 8.18. The molecular formula is C20H21NO5. The normalized spacial score (nSPS) is 13.3. The Hall–Kier alpha value is -3.15. The molecule has 0 fully saturated rings. The van der Waals surface area contributed by atoms with Crippen molar-refractivity contribution in [1.29, 1.82) is 0 Å². The number of allylic oxidation sites excluding steroid dienone is 1. The van der Waals surface area contributed by atoms with Gasteiger partial charge >= 0.3 is 0 Å². The van der Waals surface area contributed by atoms with E-state index in [1.54, 1.807) is 38.3 Å². The number of hydrogen-bond donors (Lipinski definition) is 1. The number of carbonyl (C=O) groups is 1. The Morgan fingerprint density at radius 2 is 1.88 bits per heavy atom. The van der Waals surface area contributed by atoms with Crippen molar-refractivity contribution < 1.29 is 23.7 Å². The molecule has 0 atom stereocenters. The third-order valence-corrected chi connectivity index (χ3v) is 4.12. The zero-order valence-corrected chi connectivity index (χ0v) is 15.0. The van der Waals surface area contributed by atoms with Gasteiger partial charge in [0.1, 0.15) is 19.0 Å². The Balaban J connectivity index is 1.96. The summed E-state index contributed by atoms with van der Waals surface area (Å²) in [4.78, 5) is 12.8. The standard InChI is InChI=1S/C20H21NO5/c1-12(18(22)13-4-6-15(21)17(11-13)23-2)10-14-5-7-16-20(19(14)24-3)26-9-8-25-16/h4-7,10-11H,8-9,21H2,1-3H3/b12-10+. The topological polar surface area (TPSA) is 80.0 Å². The molecule has 0 amide bonds. The van der Waals surface area contributed by atoms with Crippen LogP contribution >= 0.6 is 0 Å². The van der Waals surface area contributed by atoms with Gasteiger partial charge in [-0.15, -0.1) is 0 Å². The van der Waals surface area contributed by atoms with E-state index in [1.165, 1.54) is 7.11 Å². The maximum absolute atomic E-state index is 12.8. The first kappa shape index (κ1) is 17.7. The first-order valence-corrected chi connectivity index (χ1v) is 8.18. The molecule has 0 unspecified atom stereocenters. The second kappa shape index (κ2) is 7.39. The summed E-state index contributed by atoms with van der Waals surface area (Å²) >= 11 is 0. The van der Waals surface area contributed by atoms with Gasteiger partial charge in [0.15, 0.2) is 17.3 Å². The maximum atomic E-state index is 12.8. The molecule has 1 heterocycles. The summed E-state index contributed by atoms with van der Waals surface area (Å²) in [6.07, 6.45) is 1.77. The summed E-state index contributed by atoms with van der Waals surface area (Å²) in [6.45, 7) is 2.71. The lowest BCUT2D eigenvalue weighted by atomic mass is 10.0. The van der Waals surface area contributed by atoms with E-state index in [-0.39, 0.29) is 5.78 Å². The van der Waals surface area contributed by atoms with Crippen molar-refractivity contribution in [3.8, 4) is 23.0 Å². The molecule has 0 bridgehead atoms. The van der Waals surface area contributed by atoms with Crippen molar-refractivity contribution in [2.24, 2.45) is 0 Å². The summed E-state index contributed by atoms with van der Waals surface area (Å²) in [7, 11) is 3.08. The van der Waals surface area contributed by atoms with Crippen LogP contribution in [0.1, 0.15) is 22.8 Å². The summed E-state index contributed by atoms with van der Waals surface area (Å²) < 4.78 is 21.9. The number of ether oxygens (including phenoxy) is 4. The Morgan fingerprint density at radius 1 is 1.12 bits per heavy atom. The molecule has 1 aliphatic heterocycles. The molecule has 2 aromatic carbocycles. The van der Waals surface area contributed by atoms with Crippen molar-refractivity contribution in [2.45, 2.75) is 6.92 Å². The molecule has 0 spiro atoms. The van der Waals surface area contributed by atoms with Gasteiger partial charge in [-0.3, -0.25) is 4.79 Å². The zero-order valence-electron chi connectivity index (χ0n) is 15.0. The van der Waals surface area contributed by atoms with Gasteiger partial charge in [0.05, 0.1) is 19.9 Å². The van der Waals surface area contributed by atoms with Crippen LogP contribution in [0.5, 0.6) is 23.0 Å². The fourth-order valence-electron chi connectivity index (χ4n) is 2.81. The highest BCUT2D eigenvalue weighted by molar-refractivity contribution is 6.11. The Morgan fingerprint density at radius 3 is 2.62 bits per heavy atom. The van der Waals surface area contributed by atoms with Crippen molar-refractivity contribution >= 4 is 17.5 Å². The van der Waals surface area contributed by atoms with Crippen LogP contribution in [0.4, 0.5) is 5.69 Å². The monoisotopic (exact) mass is 355 g/mol. The van der Waals surface area contributed by atoms with Gasteiger partial charge < -0.3 is 24.7 Å². The van der Waals surface area contributed by atoms with Crippen LogP contribution in [-0.4, -0.2) is 33.2 Å². The number of nitrogen functional groups attached to an aromatic ring is 1. The van der Waals surface area contributed by atoms with E-state index >= 15 is 0 Å². The minimum Gasteiger partial charge on any atom is -0.495 e. The average Bonchev–Trinajstić information content (AvgIpc) is 2.67. The minimum absolute atomic E-state index is 0.125. The number of ketones is 1. The van der Waals surface area contributed by atoms with Gasteiger partial charge in [-0.2, -0.15) is 0 Å². The summed E-state index contributed by atoms with van der Waals surface area (Å²) in [5.74, 6) is 2.09. The molecular weight excluding hydrogens is 334 g/mol. The van der Waals surface area contributed by atoms with Crippen molar-refractivity contribution in [1.82, 2.24) is 0 Å². The quantitative estimate of drug-likeness (QED) is 0.503.